The van der Waals surface area contributed by atoms with Crippen LogP contribution in [0.2, 0.25) is 10.0 Å². The Hall–Kier alpha value is -1.50. The molecule has 0 aliphatic rings. The lowest BCUT2D eigenvalue weighted by Gasteiger charge is -2.19. The summed E-state index contributed by atoms with van der Waals surface area (Å²) >= 11 is 11.8. The predicted octanol–water partition coefficient (Wildman–Crippen LogP) is 3.90. The lowest BCUT2D eigenvalue weighted by atomic mass is 10.1. The van der Waals surface area contributed by atoms with Crippen molar-refractivity contribution in [2.24, 2.45) is 5.10 Å². The molecule has 1 aromatic carbocycles. The molecular weight excluding hydrogens is 343 g/mol. The van der Waals surface area contributed by atoms with Gasteiger partial charge in [0.15, 0.2) is 6.10 Å². The van der Waals surface area contributed by atoms with E-state index >= 15 is 0 Å². The van der Waals surface area contributed by atoms with Gasteiger partial charge in [-0.1, -0.05) is 29.3 Å². The third-order valence-corrected chi connectivity index (χ3v) is 3.18. The molecule has 0 saturated heterocycles. The highest BCUT2D eigenvalue weighted by atomic mass is 35.5. The highest BCUT2D eigenvalue weighted by Gasteiger charge is 2.20. The van der Waals surface area contributed by atoms with Gasteiger partial charge in [0.2, 0.25) is 5.90 Å². The maximum absolute atomic E-state index is 11.6. The van der Waals surface area contributed by atoms with Crippen molar-refractivity contribution in [3.63, 3.8) is 0 Å². The molecule has 23 heavy (non-hydrogen) atoms. The Morgan fingerprint density at radius 2 is 2.00 bits per heavy atom. The number of amides is 1. The highest BCUT2D eigenvalue weighted by Crippen LogP contribution is 2.26. The monoisotopic (exact) mass is 362 g/mol. The van der Waals surface area contributed by atoms with Gasteiger partial charge in [-0.05, 0) is 45.4 Å². The topological polar surface area (TPSA) is 80.2 Å². The molecule has 1 unspecified atom stereocenters. The van der Waals surface area contributed by atoms with Gasteiger partial charge >= 0.3 is 6.09 Å². The number of rotatable bonds is 4. The van der Waals surface area contributed by atoms with Gasteiger partial charge in [0.25, 0.3) is 0 Å². The van der Waals surface area contributed by atoms with Gasteiger partial charge in [0.05, 0.1) is 16.7 Å². The summed E-state index contributed by atoms with van der Waals surface area (Å²) in [5, 5.41) is 14.7. The van der Waals surface area contributed by atoms with Gasteiger partial charge in [0, 0.05) is 0 Å². The fourth-order valence-electron chi connectivity index (χ4n) is 1.55. The fourth-order valence-corrected chi connectivity index (χ4v) is 1.85. The van der Waals surface area contributed by atoms with Crippen LogP contribution in [0, 0.1) is 0 Å². The molecule has 128 valence electrons. The van der Waals surface area contributed by atoms with Crippen molar-refractivity contribution in [3.8, 4) is 0 Å². The van der Waals surface area contributed by atoms with Gasteiger partial charge in [0.1, 0.15) is 5.60 Å². The number of halogens is 2. The number of carbonyl (C=O) groups excluding carboxylic acids is 1. The van der Waals surface area contributed by atoms with E-state index in [-0.39, 0.29) is 12.5 Å². The van der Waals surface area contributed by atoms with Crippen molar-refractivity contribution in [3.05, 3.63) is 33.8 Å². The van der Waals surface area contributed by atoms with Crippen LogP contribution in [-0.2, 0) is 9.47 Å². The number of nitrogens with zero attached hydrogens (tertiary/aromatic N) is 1. The summed E-state index contributed by atoms with van der Waals surface area (Å²) in [6.07, 6.45) is -1.96. The molecule has 0 fully saturated rings. The molecule has 0 heterocycles. The SMILES string of the molecule is CCO/C(=N/NC(=O)OC(C)(C)C)C(O)c1ccc(Cl)c(Cl)c1. The molecule has 6 nitrogen and oxygen atoms in total. The summed E-state index contributed by atoms with van der Waals surface area (Å²) in [6, 6.07) is 4.63. The van der Waals surface area contributed by atoms with Crippen LogP contribution >= 0.6 is 23.2 Å². The molecule has 0 aliphatic carbocycles. The van der Waals surface area contributed by atoms with E-state index in [1.165, 1.54) is 6.07 Å². The molecule has 0 aromatic heterocycles. The quantitative estimate of drug-likeness (QED) is 0.483. The first-order valence-electron chi connectivity index (χ1n) is 6.96. The van der Waals surface area contributed by atoms with Crippen LogP contribution in [-0.4, -0.2) is 29.3 Å². The highest BCUT2D eigenvalue weighted by molar-refractivity contribution is 6.42. The minimum absolute atomic E-state index is 0.0863. The first-order valence-corrected chi connectivity index (χ1v) is 7.72. The molecule has 8 heteroatoms. The predicted molar refractivity (Wildman–Crippen MR) is 89.9 cm³/mol. The Labute approximate surface area is 145 Å². The lowest BCUT2D eigenvalue weighted by Crippen LogP contribution is -2.31. The summed E-state index contributed by atoms with van der Waals surface area (Å²) < 4.78 is 10.3. The van der Waals surface area contributed by atoms with E-state index in [0.29, 0.717) is 15.6 Å². The van der Waals surface area contributed by atoms with E-state index in [4.69, 9.17) is 32.7 Å². The number of benzene rings is 1. The number of ether oxygens (including phenoxy) is 2. The van der Waals surface area contributed by atoms with Gasteiger partial charge < -0.3 is 14.6 Å². The van der Waals surface area contributed by atoms with E-state index in [1.807, 2.05) is 0 Å². The average molecular weight is 363 g/mol. The maximum atomic E-state index is 11.6. The first kappa shape index (κ1) is 19.5. The second-order valence-electron chi connectivity index (χ2n) is 5.57. The smallest absolute Gasteiger partial charge is 0.428 e. The van der Waals surface area contributed by atoms with E-state index in [0.717, 1.165) is 0 Å². The van der Waals surface area contributed by atoms with Gasteiger partial charge in [-0.15, -0.1) is 5.10 Å². The van der Waals surface area contributed by atoms with E-state index in [1.54, 1.807) is 39.8 Å². The molecule has 0 spiro atoms. The standard InChI is InChI=1S/C15H20Cl2N2O4/c1-5-22-13(18-19-14(21)23-15(2,3)4)12(20)9-6-7-10(16)11(17)8-9/h6-8,12,20H,5H2,1-4H3,(H,19,21)/b18-13+. The van der Waals surface area contributed by atoms with Gasteiger partial charge in [-0.25, -0.2) is 10.2 Å². The number of hydrazone groups is 1. The van der Waals surface area contributed by atoms with Crippen molar-refractivity contribution in [1.29, 1.82) is 0 Å². The third-order valence-electron chi connectivity index (χ3n) is 2.44. The molecule has 0 radical (unpaired) electrons. The van der Waals surface area contributed by atoms with Crippen LogP contribution in [0.4, 0.5) is 4.79 Å². The second kappa shape index (κ2) is 8.38. The van der Waals surface area contributed by atoms with Crippen molar-refractivity contribution in [1.82, 2.24) is 5.43 Å². The Morgan fingerprint density at radius 1 is 1.35 bits per heavy atom. The van der Waals surface area contributed by atoms with Crippen LogP contribution in [0.15, 0.2) is 23.3 Å². The summed E-state index contributed by atoms with van der Waals surface area (Å²) in [7, 11) is 0. The van der Waals surface area contributed by atoms with Crippen LogP contribution in [0.1, 0.15) is 39.4 Å². The van der Waals surface area contributed by atoms with E-state index in [2.05, 4.69) is 10.5 Å². The minimum atomic E-state index is -1.21. The van der Waals surface area contributed by atoms with Crippen LogP contribution in [0.25, 0.3) is 0 Å². The Kier molecular flexibility index (Phi) is 7.12. The zero-order chi connectivity index (χ0) is 17.6. The number of nitrogens with one attached hydrogen (secondary N) is 1. The molecule has 0 saturated carbocycles. The fraction of sp³-hybridized carbons (Fsp3) is 0.467. The summed E-state index contributed by atoms with van der Waals surface area (Å²) in [5.74, 6) is -0.0863. The van der Waals surface area contributed by atoms with Gasteiger partial charge in [-0.2, -0.15) is 0 Å². The van der Waals surface area contributed by atoms with Crippen LogP contribution in [0.5, 0.6) is 0 Å². The van der Waals surface area contributed by atoms with E-state index in [9.17, 15) is 9.90 Å². The summed E-state index contributed by atoms with van der Waals surface area (Å²) in [5.41, 5.74) is 1.95. The molecule has 0 aliphatic heterocycles. The third kappa shape index (κ3) is 6.64. The van der Waals surface area contributed by atoms with Crippen molar-refractivity contribution in [2.75, 3.05) is 6.61 Å². The Bertz CT molecular complexity index is 585. The Morgan fingerprint density at radius 3 is 2.52 bits per heavy atom. The molecule has 0 bridgehead atoms. The van der Waals surface area contributed by atoms with Crippen molar-refractivity contribution in [2.45, 2.75) is 39.4 Å². The van der Waals surface area contributed by atoms with Crippen molar-refractivity contribution >= 4 is 35.2 Å². The number of carbonyl (C=O) groups is 1. The lowest BCUT2D eigenvalue weighted by molar-refractivity contribution is 0.0525. The normalized spacial score (nSPS) is 13.4. The first-order chi connectivity index (χ1) is 10.6. The second-order valence-corrected chi connectivity index (χ2v) is 6.39. The number of aliphatic hydroxyl groups is 1. The number of hydrogen-bond acceptors (Lipinski definition) is 5. The van der Waals surface area contributed by atoms with Crippen LogP contribution in [0.3, 0.4) is 0 Å². The molecule has 2 N–H and O–H groups in total. The van der Waals surface area contributed by atoms with Gasteiger partial charge in [-0.3, -0.25) is 0 Å². The van der Waals surface area contributed by atoms with Crippen molar-refractivity contribution < 1.29 is 19.4 Å². The van der Waals surface area contributed by atoms with E-state index < -0.39 is 17.8 Å². The largest absolute Gasteiger partial charge is 0.478 e. The Balaban J connectivity index is 2.89. The summed E-state index contributed by atoms with van der Waals surface area (Å²) in [4.78, 5) is 11.6. The average Bonchev–Trinajstić information content (AvgIpc) is 2.43. The molecule has 1 rings (SSSR count). The number of hydrogen-bond donors (Lipinski definition) is 2. The summed E-state index contributed by atoms with van der Waals surface area (Å²) in [6.45, 7) is 7.16. The molecule has 1 atom stereocenters. The zero-order valence-electron chi connectivity index (χ0n) is 13.4. The minimum Gasteiger partial charge on any atom is -0.478 e. The molecule has 1 amide bonds. The zero-order valence-corrected chi connectivity index (χ0v) is 14.9. The van der Waals surface area contributed by atoms with Crippen LogP contribution < -0.4 is 5.43 Å². The maximum Gasteiger partial charge on any atom is 0.428 e. The molecule has 1 aromatic rings. The number of aliphatic hydroxyl groups excluding tert-OH is 1. The molecular formula is C15H20Cl2N2O4.